The quantitative estimate of drug-likeness (QED) is 0.700. The van der Waals surface area contributed by atoms with E-state index < -0.39 is 0 Å². The number of hydrogen-bond acceptors (Lipinski definition) is 3. The van der Waals surface area contributed by atoms with E-state index in [2.05, 4.69) is 23.8 Å². The van der Waals surface area contributed by atoms with Gasteiger partial charge in [0.25, 0.3) is 0 Å². The Morgan fingerprint density at radius 2 is 1.94 bits per heavy atom. The molecule has 1 aliphatic heterocycles. The first kappa shape index (κ1) is 13.0. The maximum absolute atomic E-state index is 11.4. The van der Waals surface area contributed by atoms with Gasteiger partial charge >= 0.3 is 0 Å². The van der Waals surface area contributed by atoms with E-state index in [1.165, 1.54) is 32.1 Å². The smallest absolute Gasteiger partial charge is 0.127 e. The molecule has 2 rings (SSSR count). The Labute approximate surface area is 105 Å². The van der Waals surface area contributed by atoms with Crippen molar-refractivity contribution in [3.05, 3.63) is 0 Å². The van der Waals surface area contributed by atoms with E-state index in [4.69, 9.17) is 0 Å². The van der Waals surface area contributed by atoms with Crippen molar-refractivity contribution in [2.45, 2.75) is 45.1 Å². The number of likely N-dealkylation sites (N-methyl/N-ethyl adjacent to an activating group) is 1. The number of carbonyl (C=O) groups is 1. The summed E-state index contributed by atoms with van der Waals surface area (Å²) in [5, 5.41) is 0. The molecular formula is C14H26N2O. The Bertz CT molecular complexity index is 261. The molecule has 1 unspecified atom stereocenters. The number of aldehydes is 1. The predicted octanol–water partition coefficient (Wildman–Crippen LogP) is 1.77. The van der Waals surface area contributed by atoms with Gasteiger partial charge in [0.15, 0.2) is 0 Å². The fraction of sp³-hybridized carbons (Fsp3) is 0.929. The highest BCUT2D eigenvalue weighted by Gasteiger charge is 2.36. The van der Waals surface area contributed by atoms with Crippen LogP contribution in [0, 0.1) is 5.41 Å². The Kier molecular flexibility index (Phi) is 4.21. The lowest BCUT2D eigenvalue weighted by Gasteiger charge is -2.34. The second kappa shape index (κ2) is 5.49. The molecule has 1 saturated heterocycles. The van der Waals surface area contributed by atoms with Gasteiger partial charge in [-0.2, -0.15) is 0 Å². The highest BCUT2D eigenvalue weighted by Crippen LogP contribution is 2.37. The van der Waals surface area contributed by atoms with E-state index >= 15 is 0 Å². The molecule has 1 heterocycles. The van der Waals surface area contributed by atoms with Crippen LogP contribution in [0.4, 0.5) is 0 Å². The molecule has 0 aromatic rings. The first-order valence-corrected chi connectivity index (χ1v) is 7.04. The van der Waals surface area contributed by atoms with Crippen LogP contribution in [0.3, 0.4) is 0 Å². The van der Waals surface area contributed by atoms with Crippen molar-refractivity contribution in [2.24, 2.45) is 5.41 Å². The molecule has 1 aliphatic carbocycles. The average Bonchev–Trinajstić information content (AvgIpc) is 2.70. The number of carbonyl (C=O) groups excluding carboxylic acids is 1. The van der Waals surface area contributed by atoms with E-state index in [1.807, 2.05) is 0 Å². The lowest BCUT2D eigenvalue weighted by Crippen LogP contribution is -2.44. The molecule has 1 atom stereocenters. The van der Waals surface area contributed by atoms with Crippen LogP contribution in [-0.2, 0) is 4.79 Å². The van der Waals surface area contributed by atoms with Gasteiger partial charge < -0.3 is 9.69 Å². The number of hydrogen-bond donors (Lipinski definition) is 0. The first-order valence-electron chi connectivity index (χ1n) is 7.04. The van der Waals surface area contributed by atoms with E-state index in [9.17, 15) is 4.79 Å². The molecule has 3 heteroatoms. The summed E-state index contributed by atoms with van der Waals surface area (Å²) in [5.41, 5.74) is -0.0167. The Morgan fingerprint density at radius 3 is 2.59 bits per heavy atom. The summed E-state index contributed by atoms with van der Waals surface area (Å²) in [6.07, 6.45) is 7.17. The summed E-state index contributed by atoms with van der Waals surface area (Å²) < 4.78 is 0. The zero-order valence-corrected chi connectivity index (χ0v) is 11.3. The molecule has 0 amide bonds. The molecule has 2 fully saturated rings. The molecule has 0 N–H and O–H groups in total. The van der Waals surface area contributed by atoms with Gasteiger partial charge in [-0.3, -0.25) is 4.90 Å². The van der Waals surface area contributed by atoms with E-state index in [-0.39, 0.29) is 5.41 Å². The van der Waals surface area contributed by atoms with Gasteiger partial charge in [-0.1, -0.05) is 12.8 Å². The molecule has 17 heavy (non-hydrogen) atoms. The zero-order valence-electron chi connectivity index (χ0n) is 11.3. The highest BCUT2D eigenvalue weighted by molar-refractivity contribution is 5.60. The van der Waals surface area contributed by atoms with Crippen LogP contribution in [0.15, 0.2) is 0 Å². The Balaban J connectivity index is 1.98. The van der Waals surface area contributed by atoms with E-state index in [0.717, 1.165) is 32.5 Å². The van der Waals surface area contributed by atoms with Gasteiger partial charge in [-0.05, 0) is 46.3 Å². The summed E-state index contributed by atoms with van der Waals surface area (Å²) in [7, 11) is 2.20. The molecule has 2 aliphatic rings. The van der Waals surface area contributed by atoms with Crippen molar-refractivity contribution in [3.8, 4) is 0 Å². The van der Waals surface area contributed by atoms with Crippen molar-refractivity contribution in [3.63, 3.8) is 0 Å². The minimum absolute atomic E-state index is 0.0167. The van der Waals surface area contributed by atoms with Crippen molar-refractivity contribution in [2.75, 3.05) is 33.2 Å². The second-order valence-electron chi connectivity index (χ2n) is 6.12. The number of rotatable bonds is 3. The molecule has 1 saturated carbocycles. The summed E-state index contributed by atoms with van der Waals surface area (Å²) in [6.45, 7) is 6.77. The van der Waals surface area contributed by atoms with Crippen LogP contribution in [0.5, 0.6) is 0 Å². The van der Waals surface area contributed by atoms with Crippen LogP contribution in [0.2, 0.25) is 0 Å². The standard InChI is InChI=1S/C14H26N2O/c1-13-10-15(2)8-5-9-16(13)11-14(12-17)6-3-4-7-14/h12-13H,3-11H2,1-2H3. The van der Waals surface area contributed by atoms with Gasteiger partial charge in [0.05, 0.1) is 0 Å². The summed E-state index contributed by atoms with van der Waals surface area (Å²) in [4.78, 5) is 16.4. The molecular weight excluding hydrogens is 212 g/mol. The fourth-order valence-electron chi connectivity index (χ4n) is 3.45. The molecule has 0 aromatic heterocycles. The van der Waals surface area contributed by atoms with Crippen LogP contribution in [0.1, 0.15) is 39.0 Å². The summed E-state index contributed by atoms with van der Waals surface area (Å²) in [5.74, 6) is 0. The third kappa shape index (κ3) is 3.08. The predicted molar refractivity (Wildman–Crippen MR) is 70.1 cm³/mol. The van der Waals surface area contributed by atoms with Gasteiger partial charge in [0.2, 0.25) is 0 Å². The molecule has 0 aromatic carbocycles. The van der Waals surface area contributed by atoms with Gasteiger partial charge in [0.1, 0.15) is 6.29 Å². The van der Waals surface area contributed by atoms with Crippen LogP contribution < -0.4 is 0 Å². The third-order valence-corrected chi connectivity index (χ3v) is 4.55. The van der Waals surface area contributed by atoms with Crippen molar-refractivity contribution < 1.29 is 4.79 Å². The molecule has 3 nitrogen and oxygen atoms in total. The minimum Gasteiger partial charge on any atom is -0.305 e. The van der Waals surface area contributed by atoms with Gasteiger partial charge in [-0.25, -0.2) is 0 Å². The van der Waals surface area contributed by atoms with E-state index in [1.54, 1.807) is 0 Å². The SMILES string of the molecule is CC1CN(C)CCCN1CC1(C=O)CCCC1. The van der Waals surface area contributed by atoms with Gasteiger partial charge in [-0.15, -0.1) is 0 Å². The van der Waals surface area contributed by atoms with Crippen molar-refractivity contribution in [1.82, 2.24) is 9.80 Å². The Morgan fingerprint density at radius 1 is 1.24 bits per heavy atom. The lowest BCUT2D eigenvalue weighted by molar-refractivity contribution is -0.117. The highest BCUT2D eigenvalue weighted by atomic mass is 16.1. The number of nitrogens with zero attached hydrogens (tertiary/aromatic N) is 2. The van der Waals surface area contributed by atoms with Crippen LogP contribution in [-0.4, -0.2) is 55.4 Å². The minimum atomic E-state index is -0.0167. The van der Waals surface area contributed by atoms with Gasteiger partial charge in [0, 0.05) is 24.5 Å². The summed E-state index contributed by atoms with van der Waals surface area (Å²) >= 11 is 0. The second-order valence-corrected chi connectivity index (χ2v) is 6.12. The normalized spacial score (nSPS) is 31.3. The Hall–Kier alpha value is -0.410. The topological polar surface area (TPSA) is 23.6 Å². The van der Waals surface area contributed by atoms with Crippen molar-refractivity contribution in [1.29, 1.82) is 0 Å². The lowest BCUT2D eigenvalue weighted by atomic mass is 9.87. The first-order chi connectivity index (χ1) is 8.15. The third-order valence-electron chi connectivity index (χ3n) is 4.55. The summed E-state index contributed by atoms with van der Waals surface area (Å²) in [6, 6.07) is 0.583. The van der Waals surface area contributed by atoms with Crippen LogP contribution in [0.25, 0.3) is 0 Å². The average molecular weight is 238 g/mol. The van der Waals surface area contributed by atoms with Crippen molar-refractivity contribution >= 4 is 6.29 Å². The maximum Gasteiger partial charge on any atom is 0.127 e. The largest absolute Gasteiger partial charge is 0.305 e. The molecule has 0 bridgehead atoms. The van der Waals surface area contributed by atoms with E-state index in [0.29, 0.717) is 6.04 Å². The van der Waals surface area contributed by atoms with Crippen LogP contribution >= 0.6 is 0 Å². The molecule has 0 radical (unpaired) electrons. The zero-order chi connectivity index (χ0) is 12.3. The monoisotopic (exact) mass is 238 g/mol. The molecule has 98 valence electrons. The molecule has 0 spiro atoms. The maximum atomic E-state index is 11.4. The fourth-order valence-corrected chi connectivity index (χ4v) is 3.45.